The lowest BCUT2D eigenvalue weighted by molar-refractivity contribution is -0.137. The van der Waals surface area contributed by atoms with Crippen molar-refractivity contribution in [2.45, 2.75) is 25.6 Å². The summed E-state index contributed by atoms with van der Waals surface area (Å²) in [5.74, 6) is 1.14. The molecule has 0 fully saturated rings. The van der Waals surface area contributed by atoms with Crippen LogP contribution in [0.4, 0.5) is 19.0 Å². The van der Waals surface area contributed by atoms with Crippen molar-refractivity contribution in [2.24, 2.45) is 0 Å². The lowest BCUT2D eigenvalue weighted by Gasteiger charge is -2.17. The maximum atomic E-state index is 12.4. The zero-order chi connectivity index (χ0) is 13.8. The molecule has 0 amide bonds. The molecule has 0 aromatic carbocycles. The third-order valence-corrected chi connectivity index (χ3v) is 3.39. The molecule has 1 unspecified atom stereocenters. The predicted molar refractivity (Wildman–Crippen MR) is 70.3 cm³/mol. The van der Waals surface area contributed by atoms with Gasteiger partial charge in [-0.2, -0.15) is 24.9 Å². The van der Waals surface area contributed by atoms with Crippen molar-refractivity contribution < 1.29 is 13.2 Å². The molecule has 0 aliphatic rings. The largest absolute Gasteiger partial charge is 0.417 e. The monoisotopic (exact) mass is 298 g/mol. The molecule has 0 saturated heterocycles. The molecule has 1 aromatic heterocycles. The van der Waals surface area contributed by atoms with Crippen LogP contribution in [0.3, 0.4) is 0 Å². The highest BCUT2D eigenvalue weighted by Gasteiger charge is 2.31. The summed E-state index contributed by atoms with van der Waals surface area (Å²) >= 11 is 7.46. The number of hydrogen-bond acceptors (Lipinski definition) is 3. The van der Waals surface area contributed by atoms with Gasteiger partial charge < -0.3 is 5.32 Å². The van der Waals surface area contributed by atoms with Gasteiger partial charge in [0.25, 0.3) is 0 Å². The van der Waals surface area contributed by atoms with Crippen molar-refractivity contribution in [3.8, 4) is 0 Å². The summed E-state index contributed by atoms with van der Waals surface area (Å²) < 4.78 is 37.3. The Labute approximate surface area is 113 Å². The number of anilines is 1. The van der Waals surface area contributed by atoms with Crippen molar-refractivity contribution in [2.75, 3.05) is 17.3 Å². The van der Waals surface area contributed by atoms with Crippen LogP contribution in [-0.2, 0) is 6.18 Å². The Bertz CT molecular complexity index is 398. The molecule has 0 aliphatic carbocycles. The summed E-state index contributed by atoms with van der Waals surface area (Å²) in [6.45, 7) is 1.99. The third kappa shape index (κ3) is 4.24. The Hall–Kier alpha value is -0.620. The van der Waals surface area contributed by atoms with E-state index in [9.17, 15) is 13.2 Å². The number of rotatable bonds is 5. The molecular weight excluding hydrogens is 285 g/mol. The van der Waals surface area contributed by atoms with E-state index < -0.39 is 11.7 Å². The highest BCUT2D eigenvalue weighted by molar-refractivity contribution is 7.98. The first kappa shape index (κ1) is 15.4. The van der Waals surface area contributed by atoms with Crippen molar-refractivity contribution in [3.05, 3.63) is 22.8 Å². The number of hydrogen-bond donors (Lipinski definition) is 1. The molecule has 0 saturated carbocycles. The fraction of sp³-hybridized carbons (Fsp3) is 0.545. The van der Waals surface area contributed by atoms with Crippen LogP contribution in [0, 0.1) is 0 Å². The minimum atomic E-state index is -4.42. The quantitative estimate of drug-likeness (QED) is 0.877. The van der Waals surface area contributed by atoms with Crippen LogP contribution in [0.1, 0.15) is 18.9 Å². The van der Waals surface area contributed by atoms with Gasteiger partial charge >= 0.3 is 6.18 Å². The van der Waals surface area contributed by atoms with Crippen molar-refractivity contribution >= 4 is 29.2 Å². The zero-order valence-corrected chi connectivity index (χ0v) is 11.6. The average Bonchev–Trinajstić information content (AvgIpc) is 2.29. The van der Waals surface area contributed by atoms with Crippen LogP contribution in [0.2, 0.25) is 5.02 Å². The normalized spacial score (nSPS) is 13.4. The van der Waals surface area contributed by atoms with Gasteiger partial charge in [-0.15, -0.1) is 0 Å². The Morgan fingerprint density at radius 2 is 2.17 bits per heavy atom. The third-order valence-electron chi connectivity index (χ3n) is 2.37. The maximum absolute atomic E-state index is 12.4. The molecule has 102 valence electrons. The molecule has 2 nitrogen and oxygen atoms in total. The summed E-state index contributed by atoms with van der Waals surface area (Å²) in [5, 5.41) is 3.04. The van der Waals surface area contributed by atoms with E-state index in [-0.39, 0.29) is 11.1 Å². The van der Waals surface area contributed by atoms with E-state index in [1.165, 1.54) is 0 Å². The Morgan fingerprint density at radius 1 is 1.50 bits per heavy atom. The molecule has 1 rings (SSSR count). The number of nitrogens with one attached hydrogen (secondary N) is 1. The summed E-state index contributed by atoms with van der Waals surface area (Å²) in [5.41, 5.74) is -0.837. The molecule has 1 atom stereocenters. The van der Waals surface area contributed by atoms with Crippen molar-refractivity contribution in [1.82, 2.24) is 4.98 Å². The van der Waals surface area contributed by atoms with Crippen LogP contribution >= 0.6 is 23.4 Å². The van der Waals surface area contributed by atoms with Gasteiger partial charge in [-0.25, -0.2) is 4.98 Å². The first-order valence-electron chi connectivity index (χ1n) is 5.36. The topological polar surface area (TPSA) is 24.9 Å². The Balaban J connectivity index is 2.85. The van der Waals surface area contributed by atoms with E-state index in [1.807, 2.05) is 13.2 Å². The molecule has 0 bridgehead atoms. The van der Waals surface area contributed by atoms with Crippen LogP contribution in [0.25, 0.3) is 0 Å². The summed E-state index contributed by atoms with van der Waals surface area (Å²) in [6.07, 6.45) is -0.815. The standard InChI is InChI=1S/C11H14ClF3N2S/c1-3-8(6-18-2)17-10-9(12)4-7(5-16-10)11(13,14)15/h4-5,8H,3,6H2,1-2H3,(H,16,17). The van der Waals surface area contributed by atoms with Crippen molar-refractivity contribution in [1.29, 1.82) is 0 Å². The molecule has 0 spiro atoms. The van der Waals surface area contributed by atoms with Crippen LogP contribution < -0.4 is 5.32 Å². The second-order valence-electron chi connectivity index (χ2n) is 3.76. The summed E-state index contributed by atoms with van der Waals surface area (Å²) in [6, 6.07) is 1.03. The van der Waals surface area contributed by atoms with Gasteiger partial charge in [-0.3, -0.25) is 0 Å². The van der Waals surface area contributed by atoms with E-state index in [4.69, 9.17) is 11.6 Å². The number of halogens is 4. The van der Waals surface area contributed by atoms with Crippen LogP contribution in [0.15, 0.2) is 12.3 Å². The molecule has 0 radical (unpaired) electrons. The summed E-state index contributed by atoms with van der Waals surface area (Å²) in [7, 11) is 0. The lowest BCUT2D eigenvalue weighted by Crippen LogP contribution is -2.22. The van der Waals surface area contributed by atoms with Gasteiger partial charge in [0.05, 0.1) is 10.6 Å². The van der Waals surface area contributed by atoms with Gasteiger partial charge in [0, 0.05) is 18.0 Å². The molecule has 0 aliphatic heterocycles. The van der Waals surface area contributed by atoms with E-state index in [1.54, 1.807) is 11.8 Å². The summed E-state index contributed by atoms with van der Waals surface area (Å²) in [4.78, 5) is 3.74. The number of pyridine rings is 1. The highest BCUT2D eigenvalue weighted by atomic mass is 35.5. The predicted octanol–water partition coefficient (Wildman–Crippen LogP) is 4.31. The Morgan fingerprint density at radius 3 is 2.61 bits per heavy atom. The number of nitrogens with zero attached hydrogens (tertiary/aromatic N) is 1. The SMILES string of the molecule is CCC(CSC)Nc1ncc(C(F)(F)F)cc1Cl. The maximum Gasteiger partial charge on any atom is 0.417 e. The van der Waals surface area contributed by atoms with Crippen molar-refractivity contribution in [3.63, 3.8) is 0 Å². The number of thioether (sulfide) groups is 1. The van der Waals surface area contributed by atoms with Gasteiger partial charge in [0.1, 0.15) is 5.82 Å². The van der Waals surface area contributed by atoms with Gasteiger partial charge in [0.2, 0.25) is 0 Å². The average molecular weight is 299 g/mol. The molecular formula is C11H14ClF3N2S. The minimum absolute atomic E-state index is 0.00984. The smallest absolute Gasteiger partial charge is 0.365 e. The number of aromatic nitrogens is 1. The van der Waals surface area contributed by atoms with Gasteiger partial charge in [0.15, 0.2) is 0 Å². The van der Waals surface area contributed by atoms with Gasteiger partial charge in [-0.05, 0) is 18.7 Å². The second-order valence-corrected chi connectivity index (χ2v) is 5.07. The molecule has 1 heterocycles. The van der Waals surface area contributed by atoms with E-state index in [2.05, 4.69) is 10.3 Å². The first-order chi connectivity index (χ1) is 8.38. The fourth-order valence-electron chi connectivity index (χ4n) is 1.36. The number of alkyl halides is 3. The van der Waals surface area contributed by atoms with E-state index in [0.717, 1.165) is 24.4 Å². The highest BCUT2D eigenvalue weighted by Crippen LogP contribution is 2.32. The fourth-order valence-corrected chi connectivity index (χ4v) is 2.30. The second kappa shape index (κ2) is 6.52. The molecule has 1 aromatic rings. The molecule has 18 heavy (non-hydrogen) atoms. The van der Waals surface area contributed by atoms with Crippen LogP contribution in [0.5, 0.6) is 0 Å². The molecule has 1 N–H and O–H groups in total. The molecule has 7 heteroatoms. The van der Waals surface area contributed by atoms with Crippen LogP contribution in [-0.4, -0.2) is 23.0 Å². The Kier molecular flexibility index (Phi) is 5.59. The van der Waals surface area contributed by atoms with E-state index in [0.29, 0.717) is 5.82 Å². The first-order valence-corrected chi connectivity index (χ1v) is 7.13. The lowest BCUT2D eigenvalue weighted by atomic mass is 10.2. The zero-order valence-electron chi connectivity index (χ0n) is 10.0. The van der Waals surface area contributed by atoms with E-state index >= 15 is 0 Å². The minimum Gasteiger partial charge on any atom is -0.365 e. The van der Waals surface area contributed by atoms with Gasteiger partial charge in [-0.1, -0.05) is 18.5 Å².